The summed E-state index contributed by atoms with van der Waals surface area (Å²) >= 11 is 12.1. The zero-order valence-electron chi connectivity index (χ0n) is 14.6. The van der Waals surface area contributed by atoms with Crippen molar-refractivity contribution in [3.05, 3.63) is 69.7 Å². The Hall–Kier alpha value is -1.99. The van der Waals surface area contributed by atoms with Gasteiger partial charge < -0.3 is 4.90 Å². The van der Waals surface area contributed by atoms with Crippen molar-refractivity contribution in [2.45, 2.75) is 13.0 Å². The fraction of sp³-hybridized carbons (Fsp3) is 0.286. The number of rotatable bonds is 3. The topological polar surface area (TPSA) is 23.6 Å². The van der Waals surface area contributed by atoms with Gasteiger partial charge in [0.2, 0.25) is 0 Å². The molecule has 1 aliphatic rings. The minimum absolute atomic E-state index is 0.0957. The molecule has 0 unspecified atom stereocenters. The van der Waals surface area contributed by atoms with Gasteiger partial charge in [-0.25, -0.2) is 0 Å². The summed E-state index contributed by atoms with van der Waals surface area (Å²) in [5.74, 6) is 5.21. The van der Waals surface area contributed by atoms with Crippen molar-refractivity contribution in [2.75, 3.05) is 26.2 Å². The Balaban J connectivity index is 1.84. The van der Waals surface area contributed by atoms with Crippen molar-refractivity contribution >= 4 is 29.1 Å². The van der Waals surface area contributed by atoms with Crippen LogP contribution in [0.5, 0.6) is 0 Å². The third kappa shape index (κ3) is 4.40. The molecular weight excluding hydrogens is 367 g/mol. The molecule has 134 valence electrons. The second-order valence-corrected chi connectivity index (χ2v) is 7.08. The minimum Gasteiger partial charge on any atom is -0.329 e. The average Bonchev–Trinajstić information content (AvgIpc) is 2.66. The molecule has 0 aliphatic carbocycles. The molecule has 3 nitrogen and oxygen atoms in total. The van der Waals surface area contributed by atoms with E-state index in [0.29, 0.717) is 13.1 Å². The zero-order chi connectivity index (χ0) is 18.5. The maximum atomic E-state index is 12.0. The predicted octanol–water partition coefficient (Wildman–Crippen LogP) is 4.25. The van der Waals surface area contributed by atoms with Crippen molar-refractivity contribution in [1.82, 2.24) is 9.80 Å². The molecule has 0 spiro atoms. The Kier molecular flexibility index (Phi) is 6.21. The molecule has 3 rings (SSSR count). The van der Waals surface area contributed by atoms with Crippen LogP contribution in [-0.4, -0.2) is 41.9 Å². The quantitative estimate of drug-likeness (QED) is 0.736. The molecule has 1 amide bonds. The number of carbonyl (C=O) groups excluding carboxylic acids is 1. The average molecular weight is 387 g/mol. The van der Waals surface area contributed by atoms with Crippen LogP contribution in [0.4, 0.5) is 0 Å². The van der Waals surface area contributed by atoms with Crippen LogP contribution in [0.1, 0.15) is 24.1 Å². The van der Waals surface area contributed by atoms with Gasteiger partial charge in [-0.3, -0.25) is 9.69 Å². The van der Waals surface area contributed by atoms with Gasteiger partial charge in [-0.1, -0.05) is 53.4 Å². The van der Waals surface area contributed by atoms with Crippen LogP contribution in [0.25, 0.3) is 0 Å². The maximum Gasteiger partial charge on any atom is 0.298 e. The second kappa shape index (κ2) is 8.60. The van der Waals surface area contributed by atoms with Crippen LogP contribution < -0.4 is 0 Å². The summed E-state index contributed by atoms with van der Waals surface area (Å²) in [5.41, 5.74) is 2.34. The fourth-order valence-electron chi connectivity index (χ4n) is 3.27. The monoisotopic (exact) mass is 386 g/mol. The van der Waals surface area contributed by atoms with E-state index in [1.165, 1.54) is 11.1 Å². The summed E-state index contributed by atoms with van der Waals surface area (Å²) in [6.07, 6.45) is 0. The number of hydrogen-bond acceptors (Lipinski definition) is 2. The summed E-state index contributed by atoms with van der Waals surface area (Å²) in [6, 6.07) is 16.0. The molecule has 1 aliphatic heterocycles. The normalized spacial score (nSPS) is 14.8. The number of hydrogen-bond donors (Lipinski definition) is 0. The number of nitrogens with zero attached hydrogens (tertiary/aromatic N) is 2. The number of carbonyl (C=O) groups is 1. The van der Waals surface area contributed by atoms with Gasteiger partial charge in [-0.2, -0.15) is 0 Å². The predicted molar refractivity (Wildman–Crippen MR) is 106 cm³/mol. The highest BCUT2D eigenvalue weighted by Crippen LogP contribution is 2.31. The summed E-state index contributed by atoms with van der Waals surface area (Å²) in [4.78, 5) is 16.2. The largest absolute Gasteiger partial charge is 0.329 e. The molecule has 1 fully saturated rings. The lowest BCUT2D eigenvalue weighted by atomic mass is 9.96. The van der Waals surface area contributed by atoms with Crippen LogP contribution in [0, 0.1) is 11.8 Å². The number of amides is 1. The molecule has 0 aromatic heterocycles. The Morgan fingerprint density at radius 2 is 1.35 bits per heavy atom. The molecule has 0 bridgehead atoms. The zero-order valence-corrected chi connectivity index (χ0v) is 16.1. The van der Waals surface area contributed by atoms with Gasteiger partial charge in [0.25, 0.3) is 5.91 Å². The van der Waals surface area contributed by atoms with Gasteiger partial charge in [0, 0.05) is 36.2 Å². The molecule has 0 radical (unpaired) electrons. The molecule has 1 heterocycles. The number of halogens is 2. The summed E-state index contributed by atoms with van der Waals surface area (Å²) in [6.45, 7) is 4.60. The first kappa shape index (κ1) is 18.8. The Morgan fingerprint density at radius 1 is 0.885 bits per heavy atom. The van der Waals surface area contributed by atoms with E-state index >= 15 is 0 Å². The highest BCUT2D eigenvalue weighted by Gasteiger charge is 2.27. The first-order valence-corrected chi connectivity index (χ1v) is 9.30. The third-order valence-corrected chi connectivity index (χ3v) is 5.07. The molecule has 26 heavy (non-hydrogen) atoms. The second-order valence-electron chi connectivity index (χ2n) is 6.21. The number of benzene rings is 2. The third-order valence-electron chi connectivity index (χ3n) is 4.57. The van der Waals surface area contributed by atoms with Crippen LogP contribution in [0.3, 0.4) is 0 Å². The van der Waals surface area contributed by atoms with Crippen LogP contribution in [-0.2, 0) is 4.79 Å². The standard InChI is InChI=1S/C21H20Cl2N2O/c1-2-3-20(26)24-12-14-25(15-13-24)21(16-4-8-18(22)9-5-16)17-6-10-19(23)11-7-17/h4-11,21H,12-15H2,1H3. The van der Waals surface area contributed by atoms with Gasteiger partial charge in [0.15, 0.2) is 0 Å². The first-order chi connectivity index (χ1) is 12.6. The lowest BCUT2D eigenvalue weighted by molar-refractivity contribution is -0.127. The summed E-state index contributed by atoms with van der Waals surface area (Å²) in [7, 11) is 0. The molecular formula is C21H20Cl2N2O. The lowest BCUT2D eigenvalue weighted by Crippen LogP contribution is -2.49. The van der Waals surface area contributed by atoms with E-state index in [1.54, 1.807) is 6.92 Å². The van der Waals surface area contributed by atoms with Crippen molar-refractivity contribution in [3.8, 4) is 11.8 Å². The Labute approximate surface area is 164 Å². The van der Waals surface area contributed by atoms with Crippen molar-refractivity contribution in [1.29, 1.82) is 0 Å². The Morgan fingerprint density at radius 3 is 1.77 bits per heavy atom. The molecule has 0 N–H and O–H groups in total. The smallest absolute Gasteiger partial charge is 0.298 e. The highest BCUT2D eigenvalue weighted by atomic mass is 35.5. The van der Waals surface area contributed by atoms with E-state index in [1.807, 2.05) is 29.2 Å². The van der Waals surface area contributed by atoms with Gasteiger partial charge in [-0.05, 0) is 48.2 Å². The van der Waals surface area contributed by atoms with Crippen LogP contribution in [0.2, 0.25) is 10.0 Å². The molecule has 0 saturated carbocycles. The molecule has 5 heteroatoms. The number of piperazine rings is 1. The van der Waals surface area contributed by atoms with Crippen molar-refractivity contribution < 1.29 is 4.79 Å². The first-order valence-electron chi connectivity index (χ1n) is 8.55. The van der Waals surface area contributed by atoms with E-state index in [-0.39, 0.29) is 11.9 Å². The van der Waals surface area contributed by atoms with E-state index in [4.69, 9.17) is 23.2 Å². The van der Waals surface area contributed by atoms with Gasteiger partial charge in [-0.15, -0.1) is 0 Å². The lowest BCUT2D eigenvalue weighted by Gasteiger charge is -2.39. The Bertz CT molecular complexity index is 768. The van der Waals surface area contributed by atoms with Crippen LogP contribution in [0.15, 0.2) is 48.5 Å². The van der Waals surface area contributed by atoms with E-state index in [9.17, 15) is 4.79 Å². The molecule has 1 saturated heterocycles. The van der Waals surface area contributed by atoms with Gasteiger partial charge in [0.1, 0.15) is 0 Å². The van der Waals surface area contributed by atoms with Crippen LogP contribution >= 0.6 is 23.2 Å². The van der Waals surface area contributed by atoms with E-state index in [2.05, 4.69) is 41.0 Å². The van der Waals surface area contributed by atoms with Gasteiger partial charge >= 0.3 is 0 Å². The molecule has 0 atom stereocenters. The highest BCUT2D eigenvalue weighted by molar-refractivity contribution is 6.30. The van der Waals surface area contributed by atoms with E-state index < -0.39 is 0 Å². The summed E-state index contributed by atoms with van der Waals surface area (Å²) in [5, 5.41) is 1.44. The fourth-order valence-corrected chi connectivity index (χ4v) is 3.53. The maximum absolute atomic E-state index is 12.0. The summed E-state index contributed by atoms with van der Waals surface area (Å²) < 4.78 is 0. The molecule has 2 aromatic rings. The van der Waals surface area contributed by atoms with Crippen molar-refractivity contribution in [3.63, 3.8) is 0 Å². The van der Waals surface area contributed by atoms with Gasteiger partial charge in [0.05, 0.1) is 6.04 Å². The minimum atomic E-state index is -0.0957. The molecule has 2 aromatic carbocycles. The van der Waals surface area contributed by atoms with E-state index in [0.717, 1.165) is 23.1 Å². The van der Waals surface area contributed by atoms with Crippen molar-refractivity contribution in [2.24, 2.45) is 0 Å². The SMILES string of the molecule is CC#CC(=O)N1CCN(C(c2ccc(Cl)cc2)c2ccc(Cl)cc2)CC1.